The number of hydrogen-bond acceptors (Lipinski definition) is 5. The van der Waals surface area contributed by atoms with Crippen LogP contribution in [0.1, 0.15) is 77.6 Å². The SMILES string of the molecule is CCCCCCCCCC=CC=CC(C(=O)C(N)CS)C(O)CCCC(=O)O. The lowest BCUT2D eigenvalue weighted by molar-refractivity contribution is -0.137. The summed E-state index contributed by atoms with van der Waals surface area (Å²) in [6, 6.07) is -0.746. The molecule has 0 saturated carbocycles. The second kappa shape index (κ2) is 18.0. The lowest BCUT2D eigenvalue weighted by Gasteiger charge is -2.21. The molecule has 28 heavy (non-hydrogen) atoms. The predicted molar refractivity (Wildman–Crippen MR) is 119 cm³/mol. The Morgan fingerprint density at radius 1 is 1.04 bits per heavy atom. The topological polar surface area (TPSA) is 101 Å². The number of allylic oxidation sites excluding steroid dienone is 3. The number of rotatable bonds is 18. The Morgan fingerprint density at radius 3 is 2.29 bits per heavy atom. The van der Waals surface area contributed by atoms with E-state index in [1.54, 1.807) is 12.2 Å². The number of carboxylic acid groups (broad SMARTS) is 1. The van der Waals surface area contributed by atoms with Crippen LogP contribution in [0.5, 0.6) is 0 Å². The van der Waals surface area contributed by atoms with Gasteiger partial charge in [0.2, 0.25) is 0 Å². The van der Waals surface area contributed by atoms with E-state index in [2.05, 4.69) is 25.6 Å². The van der Waals surface area contributed by atoms with E-state index in [-0.39, 0.29) is 24.4 Å². The van der Waals surface area contributed by atoms with Crippen molar-refractivity contribution in [3.63, 3.8) is 0 Å². The lowest BCUT2D eigenvalue weighted by atomic mass is 9.90. The van der Waals surface area contributed by atoms with E-state index in [0.29, 0.717) is 6.42 Å². The van der Waals surface area contributed by atoms with Crippen LogP contribution in [0.2, 0.25) is 0 Å². The van der Waals surface area contributed by atoms with E-state index in [9.17, 15) is 14.7 Å². The first kappa shape index (κ1) is 26.9. The van der Waals surface area contributed by atoms with Gasteiger partial charge in [0.25, 0.3) is 0 Å². The Kier molecular flexibility index (Phi) is 17.2. The number of nitrogens with two attached hydrogens (primary N) is 1. The summed E-state index contributed by atoms with van der Waals surface area (Å²) in [5.41, 5.74) is 5.78. The van der Waals surface area contributed by atoms with Crippen LogP contribution < -0.4 is 5.73 Å². The summed E-state index contributed by atoms with van der Waals surface area (Å²) in [6.07, 6.45) is 16.9. The largest absolute Gasteiger partial charge is 0.481 e. The number of unbranched alkanes of at least 4 members (excludes halogenated alkanes) is 7. The van der Waals surface area contributed by atoms with Crippen LogP contribution in [-0.4, -0.2) is 39.9 Å². The highest BCUT2D eigenvalue weighted by atomic mass is 32.1. The summed E-state index contributed by atoms with van der Waals surface area (Å²) in [6.45, 7) is 2.22. The minimum atomic E-state index is -0.939. The van der Waals surface area contributed by atoms with Gasteiger partial charge in [-0.05, 0) is 25.7 Å². The molecule has 3 atom stereocenters. The molecule has 4 N–H and O–H groups in total. The molecule has 0 aliphatic rings. The van der Waals surface area contributed by atoms with Crippen molar-refractivity contribution in [2.24, 2.45) is 11.7 Å². The lowest BCUT2D eigenvalue weighted by Crippen LogP contribution is -2.41. The van der Waals surface area contributed by atoms with Crippen molar-refractivity contribution in [2.75, 3.05) is 5.75 Å². The fourth-order valence-corrected chi connectivity index (χ4v) is 3.15. The Labute approximate surface area is 175 Å². The number of carbonyl (C=O) groups is 2. The number of Topliss-reactive ketones (excluding diaryl/α,β-unsaturated/α-hetero) is 1. The third-order valence-electron chi connectivity index (χ3n) is 4.74. The van der Waals surface area contributed by atoms with Crippen LogP contribution >= 0.6 is 12.6 Å². The van der Waals surface area contributed by atoms with Crippen molar-refractivity contribution < 1.29 is 19.8 Å². The van der Waals surface area contributed by atoms with E-state index in [1.165, 1.54) is 38.5 Å². The summed E-state index contributed by atoms with van der Waals surface area (Å²) in [5, 5.41) is 19.0. The quantitative estimate of drug-likeness (QED) is 0.152. The van der Waals surface area contributed by atoms with E-state index in [0.717, 1.165) is 12.8 Å². The number of aliphatic carboxylic acids is 1. The fourth-order valence-electron chi connectivity index (χ4n) is 2.97. The number of aliphatic hydroxyl groups excluding tert-OH is 1. The molecule has 0 heterocycles. The summed E-state index contributed by atoms with van der Waals surface area (Å²) >= 11 is 4.06. The van der Waals surface area contributed by atoms with Gasteiger partial charge < -0.3 is 15.9 Å². The average Bonchev–Trinajstić information content (AvgIpc) is 2.67. The van der Waals surface area contributed by atoms with Crippen LogP contribution in [0.4, 0.5) is 0 Å². The molecule has 0 aliphatic heterocycles. The zero-order chi connectivity index (χ0) is 21.2. The van der Waals surface area contributed by atoms with E-state index in [1.807, 2.05) is 6.08 Å². The first-order valence-electron chi connectivity index (χ1n) is 10.6. The molecule has 3 unspecified atom stereocenters. The molecule has 6 heteroatoms. The minimum Gasteiger partial charge on any atom is -0.481 e. The molecule has 0 radical (unpaired) electrons. The maximum Gasteiger partial charge on any atom is 0.303 e. The van der Waals surface area contributed by atoms with Gasteiger partial charge in [-0.25, -0.2) is 0 Å². The Hall–Kier alpha value is -1.11. The molecule has 0 saturated heterocycles. The molecule has 0 rings (SSSR count). The number of aliphatic hydroxyl groups is 1. The zero-order valence-electron chi connectivity index (χ0n) is 17.3. The van der Waals surface area contributed by atoms with Gasteiger partial charge >= 0.3 is 5.97 Å². The standard InChI is InChI=1S/C22H39NO4S/c1-2-3-4-5-6-7-8-9-10-11-12-14-18(22(27)19(23)17-28)20(24)15-13-16-21(25)26/h10-12,14,18-20,24,28H,2-9,13,15-17,23H2,1H3,(H,25,26). The number of ketones is 1. The third-order valence-corrected chi connectivity index (χ3v) is 5.13. The maximum absolute atomic E-state index is 12.4. The van der Waals surface area contributed by atoms with E-state index in [4.69, 9.17) is 10.8 Å². The molecule has 0 aromatic heterocycles. The van der Waals surface area contributed by atoms with Crippen LogP contribution in [0.25, 0.3) is 0 Å². The number of hydrogen-bond donors (Lipinski definition) is 4. The Bertz CT molecular complexity index is 479. The number of carboxylic acids is 1. The summed E-state index contributed by atoms with van der Waals surface area (Å²) in [7, 11) is 0. The van der Waals surface area contributed by atoms with Crippen LogP contribution in [0, 0.1) is 5.92 Å². The van der Waals surface area contributed by atoms with E-state index < -0.39 is 24.0 Å². The summed E-state index contributed by atoms with van der Waals surface area (Å²) in [4.78, 5) is 23.0. The third kappa shape index (κ3) is 14.0. The van der Waals surface area contributed by atoms with Gasteiger partial charge in [0.15, 0.2) is 5.78 Å². The van der Waals surface area contributed by atoms with Gasteiger partial charge in [0.05, 0.1) is 18.1 Å². The molecule has 5 nitrogen and oxygen atoms in total. The van der Waals surface area contributed by atoms with Gasteiger partial charge in [0, 0.05) is 12.2 Å². The van der Waals surface area contributed by atoms with Gasteiger partial charge in [0.1, 0.15) is 0 Å². The maximum atomic E-state index is 12.4. The predicted octanol–water partition coefficient (Wildman–Crippen LogP) is 4.30. The Balaban J connectivity index is 4.40. The van der Waals surface area contributed by atoms with Gasteiger partial charge in [-0.3, -0.25) is 9.59 Å². The monoisotopic (exact) mass is 413 g/mol. The highest BCUT2D eigenvalue weighted by molar-refractivity contribution is 7.80. The molecule has 0 amide bonds. The summed E-state index contributed by atoms with van der Waals surface area (Å²) in [5.74, 6) is -1.71. The van der Waals surface area contributed by atoms with Crippen LogP contribution in [-0.2, 0) is 9.59 Å². The zero-order valence-corrected chi connectivity index (χ0v) is 18.2. The molecule has 0 fully saturated rings. The second-order valence-electron chi connectivity index (χ2n) is 7.29. The molecule has 0 bridgehead atoms. The van der Waals surface area contributed by atoms with Crippen LogP contribution in [0.15, 0.2) is 24.3 Å². The molecule has 0 aliphatic carbocycles. The van der Waals surface area contributed by atoms with Gasteiger partial charge in [-0.1, -0.05) is 69.8 Å². The van der Waals surface area contributed by atoms with Gasteiger partial charge in [-0.15, -0.1) is 0 Å². The summed E-state index contributed by atoms with van der Waals surface area (Å²) < 4.78 is 0. The molecular formula is C22H39NO4S. The molecule has 0 aromatic carbocycles. The van der Waals surface area contributed by atoms with E-state index >= 15 is 0 Å². The minimum absolute atomic E-state index is 0.0291. The number of thiol groups is 1. The second-order valence-corrected chi connectivity index (χ2v) is 7.66. The molecule has 0 aromatic rings. The smallest absolute Gasteiger partial charge is 0.303 e. The highest BCUT2D eigenvalue weighted by Crippen LogP contribution is 2.16. The fraction of sp³-hybridized carbons (Fsp3) is 0.727. The van der Waals surface area contributed by atoms with Crippen molar-refractivity contribution in [2.45, 2.75) is 89.7 Å². The average molecular weight is 414 g/mol. The van der Waals surface area contributed by atoms with Crippen LogP contribution in [0.3, 0.4) is 0 Å². The molecule has 162 valence electrons. The molecule has 0 spiro atoms. The normalized spacial score (nSPS) is 15.1. The first-order valence-corrected chi connectivity index (χ1v) is 11.2. The molecular weight excluding hydrogens is 374 g/mol. The van der Waals surface area contributed by atoms with Crippen molar-refractivity contribution in [3.05, 3.63) is 24.3 Å². The van der Waals surface area contributed by atoms with Crippen molar-refractivity contribution >= 4 is 24.4 Å². The number of carbonyl (C=O) groups excluding carboxylic acids is 1. The van der Waals surface area contributed by atoms with Gasteiger partial charge in [-0.2, -0.15) is 12.6 Å². The Morgan fingerprint density at radius 2 is 1.68 bits per heavy atom. The highest BCUT2D eigenvalue weighted by Gasteiger charge is 2.27. The van der Waals surface area contributed by atoms with Crippen molar-refractivity contribution in [1.82, 2.24) is 0 Å². The first-order chi connectivity index (χ1) is 13.4. The van der Waals surface area contributed by atoms with Crippen molar-refractivity contribution in [1.29, 1.82) is 0 Å². The van der Waals surface area contributed by atoms with Crippen molar-refractivity contribution in [3.8, 4) is 0 Å².